The molecule has 1 atom stereocenters. The number of aromatic nitrogens is 2. The second-order valence-electron chi connectivity index (χ2n) is 7.55. The largest absolute Gasteiger partial charge is 0.279 e. The fraction of sp³-hybridized carbons (Fsp3) is 0.167. The van der Waals surface area contributed by atoms with Crippen molar-refractivity contribution < 1.29 is 12.8 Å². The Morgan fingerprint density at radius 1 is 1.00 bits per heavy atom. The lowest BCUT2D eigenvalue weighted by atomic mass is 10.0. The number of sulfonamides is 1. The zero-order valence-electron chi connectivity index (χ0n) is 17.6. The molecule has 0 saturated heterocycles. The van der Waals surface area contributed by atoms with Crippen LogP contribution in [0.25, 0.3) is 27.7 Å². The molecule has 0 bridgehead atoms. The molecule has 0 saturated carbocycles. The van der Waals surface area contributed by atoms with Gasteiger partial charge in [-0.1, -0.05) is 36.4 Å². The molecular weight excluding hydrogens is 429 g/mol. The van der Waals surface area contributed by atoms with E-state index in [0.29, 0.717) is 28.6 Å². The van der Waals surface area contributed by atoms with E-state index in [4.69, 9.17) is 0 Å². The van der Waals surface area contributed by atoms with Crippen molar-refractivity contribution in [3.63, 3.8) is 0 Å². The quantitative estimate of drug-likeness (QED) is 0.485. The Hall–Kier alpha value is -3.36. The summed E-state index contributed by atoms with van der Waals surface area (Å²) < 4.78 is 41.2. The van der Waals surface area contributed by atoms with Gasteiger partial charge in [-0.05, 0) is 62.4 Å². The molecule has 1 unspecified atom stereocenters. The van der Waals surface area contributed by atoms with E-state index in [1.807, 2.05) is 36.4 Å². The van der Waals surface area contributed by atoms with E-state index in [-0.39, 0.29) is 5.56 Å². The number of benzene rings is 3. The van der Waals surface area contributed by atoms with Crippen molar-refractivity contribution in [1.82, 2.24) is 14.5 Å². The minimum Gasteiger partial charge on any atom is -0.267 e. The summed E-state index contributed by atoms with van der Waals surface area (Å²) in [5, 5.41) is 5.17. The predicted molar refractivity (Wildman–Crippen MR) is 124 cm³/mol. The lowest BCUT2D eigenvalue weighted by Gasteiger charge is -2.14. The van der Waals surface area contributed by atoms with Crippen molar-refractivity contribution >= 4 is 20.8 Å². The fourth-order valence-electron chi connectivity index (χ4n) is 3.65. The fourth-order valence-corrected chi connectivity index (χ4v) is 4.46. The molecule has 4 aromatic rings. The average Bonchev–Trinajstić information content (AvgIpc) is 2.80. The Morgan fingerprint density at radius 2 is 1.69 bits per heavy atom. The maximum atomic E-state index is 13.4. The van der Waals surface area contributed by atoms with Gasteiger partial charge < -0.3 is 0 Å². The van der Waals surface area contributed by atoms with Crippen LogP contribution in [-0.4, -0.2) is 30.5 Å². The van der Waals surface area contributed by atoms with E-state index in [1.54, 1.807) is 19.1 Å². The number of hydrogen-bond acceptors (Lipinski definition) is 4. The molecule has 0 aliphatic rings. The number of rotatable bonds is 6. The average molecular weight is 452 g/mol. The zero-order valence-corrected chi connectivity index (χ0v) is 18.4. The van der Waals surface area contributed by atoms with Gasteiger partial charge in [-0.2, -0.15) is 9.78 Å². The summed E-state index contributed by atoms with van der Waals surface area (Å²) in [5.74, 6) is -0.402. The Kier molecular flexibility index (Phi) is 5.90. The first-order valence-corrected chi connectivity index (χ1v) is 11.6. The standard InChI is InChI=1S/C24H22FN3O3S/c1-16(32(30,31)26-2)14-17-6-5-7-18(15-17)23-21-8-3-4-9-22(21)24(29)28(27-23)20-12-10-19(25)11-13-20/h3-13,15-16,26H,14H2,1-2H3. The number of nitrogens with one attached hydrogen (secondary N) is 1. The second kappa shape index (κ2) is 8.64. The van der Waals surface area contributed by atoms with Crippen LogP contribution < -0.4 is 10.3 Å². The van der Waals surface area contributed by atoms with Gasteiger partial charge in [0.15, 0.2) is 0 Å². The normalized spacial score (nSPS) is 12.7. The van der Waals surface area contributed by atoms with Crippen LogP contribution in [0.3, 0.4) is 0 Å². The Labute approximate surface area is 185 Å². The molecule has 8 heteroatoms. The van der Waals surface area contributed by atoms with Gasteiger partial charge in [0.25, 0.3) is 5.56 Å². The topological polar surface area (TPSA) is 81.1 Å². The van der Waals surface area contributed by atoms with Crippen LogP contribution in [0.4, 0.5) is 4.39 Å². The number of fused-ring (bicyclic) bond motifs is 1. The lowest BCUT2D eigenvalue weighted by Crippen LogP contribution is -2.31. The van der Waals surface area contributed by atoms with Crippen LogP contribution in [-0.2, 0) is 16.4 Å². The van der Waals surface area contributed by atoms with Crippen molar-refractivity contribution in [1.29, 1.82) is 0 Å². The Balaban J connectivity index is 1.87. The van der Waals surface area contributed by atoms with E-state index >= 15 is 0 Å². The van der Waals surface area contributed by atoms with Gasteiger partial charge in [-0.25, -0.2) is 17.5 Å². The molecular formula is C24H22FN3O3S. The van der Waals surface area contributed by atoms with Crippen LogP contribution in [0.2, 0.25) is 0 Å². The van der Waals surface area contributed by atoms with Crippen LogP contribution in [0, 0.1) is 5.82 Å². The van der Waals surface area contributed by atoms with Crippen molar-refractivity contribution in [2.45, 2.75) is 18.6 Å². The van der Waals surface area contributed by atoms with Crippen LogP contribution >= 0.6 is 0 Å². The number of nitrogens with zero attached hydrogens (tertiary/aromatic N) is 2. The van der Waals surface area contributed by atoms with E-state index < -0.39 is 21.1 Å². The molecule has 32 heavy (non-hydrogen) atoms. The van der Waals surface area contributed by atoms with E-state index in [1.165, 1.54) is 36.0 Å². The third kappa shape index (κ3) is 4.19. The minimum atomic E-state index is -3.40. The van der Waals surface area contributed by atoms with E-state index in [0.717, 1.165) is 11.1 Å². The highest BCUT2D eigenvalue weighted by Crippen LogP contribution is 2.27. The molecule has 3 aromatic carbocycles. The molecule has 164 valence electrons. The van der Waals surface area contributed by atoms with Gasteiger partial charge in [-0.15, -0.1) is 0 Å². The zero-order chi connectivity index (χ0) is 22.9. The van der Waals surface area contributed by atoms with Gasteiger partial charge in [0.1, 0.15) is 5.82 Å². The van der Waals surface area contributed by atoms with Gasteiger partial charge >= 0.3 is 0 Å². The van der Waals surface area contributed by atoms with Gasteiger partial charge in [0.05, 0.1) is 22.0 Å². The highest BCUT2D eigenvalue weighted by molar-refractivity contribution is 7.90. The minimum absolute atomic E-state index is 0.305. The SMILES string of the molecule is CNS(=O)(=O)C(C)Cc1cccc(-c2nn(-c3ccc(F)cc3)c(=O)c3ccccc23)c1. The number of halogens is 1. The van der Waals surface area contributed by atoms with Crippen molar-refractivity contribution in [2.24, 2.45) is 0 Å². The molecule has 0 aliphatic carbocycles. The third-order valence-electron chi connectivity index (χ3n) is 5.41. The van der Waals surface area contributed by atoms with Crippen molar-refractivity contribution in [3.8, 4) is 16.9 Å². The van der Waals surface area contributed by atoms with Crippen molar-refractivity contribution in [3.05, 3.63) is 94.5 Å². The summed E-state index contributed by atoms with van der Waals surface area (Å²) in [4.78, 5) is 13.1. The summed E-state index contributed by atoms with van der Waals surface area (Å²) in [7, 11) is -2.00. The maximum absolute atomic E-state index is 13.4. The monoisotopic (exact) mass is 451 g/mol. The van der Waals surface area contributed by atoms with E-state index in [9.17, 15) is 17.6 Å². The predicted octanol–water partition coefficient (Wildman–Crippen LogP) is 3.67. The molecule has 0 radical (unpaired) electrons. The second-order valence-corrected chi connectivity index (χ2v) is 9.85. The maximum Gasteiger partial charge on any atom is 0.279 e. The van der Waals surface area contributed by atoms with Crippen LogP contribution in [0.5, 0.6) is 0 Å². The summed E-state index contributed by atoms with van der Waals surface area (Å²) in [6, 6.07) is 20.2. The molecule has 6 nitrogen and oxygen atoms in total. The molecule has 1 heterocycles. The molecule has 0 fully saturated rings. The first-order valence-electron chi connectivity index (χ1n) is 10.1. The highest BCUT2D eigenvalue weighted by Gasteiger charge is 2.20. The van der Waals surface area contributed by atoms with Gasteiger partial charge in [0.2, 0.25) is 10.0 Å². The summed E-state index contributed by atoms with van der Waals surface area (Å²) in [6.07, 6.45) is 0.326. The van der Waals surface area contributed by atoms with E-state index in [2.05, 4.69) is 9.82 Å². The molecule has 0 aliphatic heterocycles. The first kappa shape index (κ1) is 21.9. The highest BCUT2D eigenvalue weighted by atomic mass is 32.2. The van der Waals surface area contributed by atoms with Crippen LogP contribution in [0.1, 0.15) is 12.5 Å². The molecule has 0 amide bonds. The third-order valence-corrected chi connectivity index (χ3v) is 7.21. The Morgan fingerprint density at radius 3 is 2.38 bits per heavy atom. The summed E-state index contributed by atoms with van der Waals surface area (Å²) >= 11 is 0. The molecule has 4 rings (SSSR count). The molecule has 0 spiro atoms. The summed E-state index contributed by atoms with van der Waals surface area (Å²) in [6.45, 7) is 1.65. The lowest BCUT2D eigenvalue weighted by molar-refractivity contribution is 0.574. The van der Waals surface area contributed by atoms with Crippen molar-refractivity contribution in [2.75, 3.05) is 7.05 Å². The van der Waals surface area contributed by atoms with Gasteiger partial charge in [0, 0.05) is 10.9 Å². The first-order chi connectivity index (χ1) is 15.3. The molecule has 1 aromatic heterocycles. The smallest absolute Gasteiger partial charge is 0.267 e. The number of hydrogen-bond donors (Lipinski definition) is 1. The molecule has 1 N–H and O–H groups in total. The van der Waals surface area contributed by atoms with Crippen LogP contribution in [0.15, 0.2) is 77.6 Å². The van der Waals surface area contributed by atoms with Gasteiger partial charge in [-0.3, -0.25) is 4.79 Å². The summed E-state index contributed by atoms with van der Waals surface area (Å²) in [5.41, 5.74) is 2.31. The Bertz CT molecular complexity index is 1450.